The van der Waals surface area contributed by atoms with E-state index in [1.807, 2.05) is 43.3 Å². The molecule has 1 aromatic carbocycles. The van der Waals surface area contributed by atoms with E-state index in [1.165, 1.54) is 7.11 Å². The number of aromatic nitrogens is 2. The Kier molecular flexibility index (Phi) is 4.79. The van der Waals surface area contributed by atoms with Gasteiger partial charge in [0.15, 0.2) is 11.4 Å². The number of nitrogens with zero attached hydrogens (tertiary/aromatic N) is 2. The summed E-state index contributed by atoms with van der Waals surface area (Å²) in [5.41, 5.74) is 2.34. The average molecular weight is 338 g/mol. The fraction of sp³-hybridized carbons (Fsp3) is 0.211. The molecule has 2 heterocycles. The van der Waals surface area contributed by atoms with Crippen LogP contribution in [-0.4, -0.2) is 30.2 Å². The molecule has 0 saturated carbocycles. The van der Waals surface area contributed by atoms with E-state index in [-0.39, 0.29) is 12.3 Å². The largest absolute Gasteiger partial charge is 0.497 e. The molecule has 0 amide bonds. The first-order valence-electron chi connectivity index (χ1n) is 7.73. The minimum absolute atomic E-state index is 0.125. The summed E-state index contributed by atoms with van der Waals surface area (Å²) in [6.45, 7) is 2.09. The molecule has 3 aromatic rings. The number of hydrogen-bond donors (Lipinski definition) is 0. The second kappa shape index (κ2) is 7.17. The van der Waals surface area contributed by atoms with Crippen molar-refractivity contribution in [3.8, 4) is 11.5 Å². The predicted molar refractivity (Wildman–Crippen MR) is 92.9 cm³/mol. The van der Waals surface area contributed by atoms with Gasteiger partial charge >= 0.3 is 5.97 Å². The fourth-order valence-electron chi connectivity index (χ4n) is 2.52. The van der Waals surface area contributed by atoms with Gasteiger partial charge in [-0.05, 0) is 36.8 Å². The van der Waals surface area contributed by atoms with Gasteiger partial charge in [-0.1, -0.05) is 12.1 Å². The number of ether oxygens (including phenoxy) is 3. The SMILES string of the molecule is COC(=O)c1nc(C)c2cccnc2c1OCc1ccc(OC)cc1. The molecule has 0 radical (unpaired) electrons. The highest BCUT2D eigenvalue weighted by Gasteiger charge is 2.21. The Hall–Kier alpha value is -3.15. The van der Waals surface area contributed by atoms with E-state index >= 15 is 0 Å². The molecule has 6 nitrogen and oxygen atoms in total. The van der Waals surface area contributed by atoms with E-state index in [0.717, 1.165) is 16.7 Å². The van der Waals surface area contributed by atoms with Gasteiger partial charge in [-0.2, -0.15) is 0 Å². The first-order chi connectivity index (χ1) is 12.1. The number of methoxy groups -OCH3 is 2. The van der Waals surface area contributed by atoms with Crippen LogP contribution in [0.4, 0.5) is 0 Å². The van der Waals surface area contributed by atoms with Crippen LogP contribution in [0.2, 0.25) is 0 Å². The maximum absolute atomic E-state index is 12.1. The van der Waals surface area contributed by atoms with Gasteiger partial charge < -0.3 is 14.2 Å². The molecule has 0 aliphatic heterocycles. The molecule has 25 heavy (non-hydrogen) atoms. The minimum Gasteiger partial charge on any atom is -0.497 e. The van der Waals surface area contributed by atoms with Gasteiger partial charge in [0, 0.05) is 17.3 Å². The Labute approximate surface area is 145 Å². The third kappa shape index (κ3) is 3.38. The van der Waals surface area contributed by atoms with E-state index < -0.39 is 5.97 Å². The Morgan fingerprint density at radius 1 is 1.12 bits per heavy atom. The fourth-order valence-corrected chi connectivity index (χ4v) is 2.52. The molecule has 2 aromatic heterocycles. The normalized spacial score (nSPS) is 10.5. The molecular formula is C19H18N2O4. The average Bonchev–Trinajstić information content (AvgIpc) is 2.67. The number of aryl methyl sites for hydroxylation is 1. The van der Waals surface area contributed by atoms with Crippen molar-refractivity contribution in [1.82, 2.24) is 9.97 Å². The topological polar surface area (TPSA) is 70.5 Å². The van der Waals surface area contributed by atoms with Gasteiger partial charge in [0.2, 0.25) is 0 Å². The maximum Gasteiger partial charge on any atom is 0.360 e. The van der Waals surface area contributed by atoms with Crippen molar-refractivity contribution in [2.24, 2.45) is 0 Å². The van der Waals surface area contributed by atoms with E-state index in [9.17, 15) is 4.79 Å². The molecule has 0 spiro atoms. The molecule has 0 aliphatic carbocycles. The van der Waals surface area contributed by atoms with Gasteiger partial charge in [-0.25, -0.2) is 9.78 Å². The van der Waals surface area contributed by atoms with Crippen LogP contribution in [0, 0.1) is 6.92 Å². The van der Waals surface area contributed by atoms with Crippen molar-refractivity contribution in [3.63, 3.8) is 0 Å². The van der Waals surface area contributed by atoms with E-state index in [4.69, 9.17) is 14.2 Å². The summed E-state index contributed by atoms with van der Waals surface area (Å²) in [5, 5.41) is 0.833. The van der Waals surface area contributed by atoms with E-state index in [1.54, 1.807) is 13.3 Å². The minimum atomic E-state index is -0.555. The number of pyridine rings is 2. The number of benzene rings is 1. The molecule has 0 unspecified atom stereocenters. The number of fused-ring (bicyclic) bond motifs is 1. The predicted octanol–water partition coefficient (Wildman–Crippen LogP) is 3.31. The van der Waals surface area contributed by atoms with Crippen molar-refractivity contribution in [2.45, 2.75) is 13.5 Å². The van der Waals surface area contributed by atoms with E-state index in [2.05, 4.69) is 9.97 Å². The highest BCUT2D eigenvalue weighted by Crippen LogP contribution is 2.30. The van der Waals surface area contributed by atoms with Crippen molar-refractivity contribution in [1.29, 1.82) is 0 Å². The molecule has 3 rings (SSSR count). The lowest BCUT2D eigenvalue weighted by atomic mass is 10.1. The third-order valence-electron chi connectivity index (χ3n) is 3.83. The lowest BCUT2D eigenvalue weighted by Crippen LogP contribution is -2.10. The van der Waals surface area contributed by atoms with Crippen LogP contribution in [0.15, 0.2) is 42.6 Å². The molecule has 0 aliphatic rings. The summed E-state index contributed by atoms with van der Waals surface area (Å²) < 4.78 is 15.9. The molecule has 128 valence electrons. The molecular weight excluding hydrogens is 320 g/mol. The number of carbonyl (C=O) groups is 1. The molecule has 0 atom stereocenters. The highest BCUT2D eigenvalue weighted by atomic mass is 16.5. The van der Waals surface area contributed by atoms with Crippen LogP contribution >= 0.6 is 0 Å². The molecule has 0 fully saturated rings. The van der Waals surface area contributed by atoms with E-state index in [0.29, 0.717) is 17.0 Å². The van der Waals surface area contributed by atoms with Gasteiger partial charge in [-0.3, -0.25) is 4.98 Å². The van der Waals surface area contributed by atoms with Crippen LogP contribution in [0.3, 0.4) is 0 Å². The summed E-state index contributed by atoms with van der Waals surface area (Å²) in [7, 11) is 2.93. The summed E-state index contributed by atoms with van der Waals surface area (Å²) in [6, 6.07) is 11.2. The summed E-state index contributed by atoms with van der Waals surface area (Å²) in [5.74, 6) is 0.535. The van der Waals surface area contributed by atoms with Crippen molar-refractivity contribution in [2.75, 3.05) is 14.2 Å². The number of rotatable bonds is 5. The second-order valence-corrected chi connectivity index (χ2v) is 5.40. The third-order valence-corrected chi connectivity index (χ3v) is 3.83. The second-order valence-electron chi connectivity index (χ2n) is 5.40. The molecule has 6 heteroatoms. The Bertz CT molecular complexity index is 907. The summed E-state index contributed by atoms with van der Waals surface area (Å²) in [4.78, 5) is 20.8. The first-order valence-corrected chi connectivity index (χ1v) is 7.73. The van der Waals surface area contributed by atoms with Crippen molar-refractivity contribution >= 4 is 16.9 Å². The summed E-state index contributed by atoms with van der Waals surface area (Å²) >= 11 is 0. The Morgan fingerprint density at radius 3 is 2.56 bits per heavy atom. The van der Waals surface area contributed by atoms with Crippen LogP contribution in [0.1, 0.15) is 21.7 Å². The summed E-state index contributed by atoms with van der Waals surface area (Å²) in [6.07, 6.45) is 1.66. The van der Waals surface area contributed by atoms with Crippen LogP contribution < -0.4 is 9.47 Å². The van der Waals surface area contributed by atoms with Gasteiger partial charge in [0.1, 0.15) is 17.9 Å². The lowest BCUT2D eigenvalue weighted by Gasteiger charge is -2.13. The monoisotopic (exact) mass is 338 g/mol. The van der Waals surface area contributed by atoms with Gasteiger partial charge in [0.25, 0.3) is 0 Å². The van der Waals surface area contributed by atoms with Gasteiger partial charge in [-0.15, -0.1) is 0 Å². The highest BCUT2D eigenvalue weighted by molar-refractivity contribution is 5.98. The number of carbonyl (C=O) groups excluding carboxylic acids is 1. The smallest absolute Gasteiger partial charge is 0.360 e. The zero-order chi connectivity index (χ0) is 17.8. The van der Waals surface area contributed by atoms with Gasteiger partial charge in [0.05, 0.1) is 14.2 Å². The molecule has 0 N–H and O–H groups in total. The zero-order valence-corrected chi connectivity index (χ0v) is 14.3. The standard InChI is InChI=1S/C19H18N2O4/c1-12-15-5-4-10-20-16(15)18(17(21-12)19(22)24-3)25-11-13-6-8-14(23-2)9-7-13/h4-10H,11H2,1-3H3. The number of esters is 1. The van der Waals surface area contributed by atoms with Crippen LogP contribution in [0.25, 0.3) is 10.9 Å². The van der Waals surface area contributed by atoms with Crippen LogP contribution in [-0.2, 0) is 11.3 Å². The maximum atomic E-state index is 12.1. The Balaban J connectivity index is 2.00. The van der Waals surface area contributed by atoms with Crippen molar-refractivity contribution in [3.05, 3.63) is 59.5 Å². The first kappa shape index (κ1) is 16.7. The zero-order valence-electron chi connectivity index (χ0n) is 14.3. The molecule has 0 bridgehead atoms. The molecule has 0 saturated heterocycles. The van der Waals surface area contributed by atoms with Crippen molar-refractivity contribution < 1.29 is 19.0 Å². The van der Waals surface area contributed by atoms with Crippen LogP contribution in [0.5, 0.6) is 11.5 Å². The quantitative estimate of drug-likeness (QED) is 0.665. The number of hydrogen-bond acceptors (Lipinski definition) is 6. The Morgan fingerprint density at radius 2 is 1.88 bits per heavy atom. The lowest BCUT2D eigenvalue weighted by molar-refractivity contribution is 0.0588.